The van der Waals surface area contributed by atoms with Gasteiger partial charge in [-0.1, -0.05) is 24.3 Å². The van der Waals surface area contributed by atoms with E-state index in [1.165, 1.54) is 22.5 Å². The fourth-order valence-electron chi connectivity index (χ4n) is 4.83. The molecule has 178 valence electrons. The Bertz CT molecular complexity index is 1420. The highest BCUT2D eigenvalue weighted by Gasteiger charge is 2.23. The van der Waals surface area contributed by atoms with Gasteiger partial charge in [0.15, 0.2) is 5.65 Å². The van der Waals surface area contributed by atoms with Crippen molar-refractivity contribution in [3.05, 3.63) is 78.3 Å². The summed E-state index contributed by atoms with van der Waals surface area (Å²) < 4.78 is 4.02. The summed E-state index contributed by atoms with van der Waals surface area (Å²) in [5.74, 6) is 0.847. The predicted molar refractivity (Wildman–Crippen MR) is 136 cm³/mol. The number of pyridine rings is 1. The fourth-order valence-corrected chi connectivity index (χ4v) is 4.83. The smallest absolute Gasteiger partial charge is 0.180 e. The van der Waals surface area contributed by atoms with Crippen molar-refractivity contribution < 1.29 is 0 Å². The van der Waals surface area contributed by atoms with Crippen LogP contribution in [0.2, 0.25) is 0 Å². The largest absolute Gasteiger partial charge is 0.367 e. The van der Waals surface area contributed by atoms with Crippen molar-refractivity contribution >= 4 is 16.9 Å². The van der Waals surface area contributed by atoms with Crippen LogP contribution in [0.25, 0.3) is 22.6 Å². The minimum absolute atomic E-state index is 0.755. The van der Waals surface area contributed by atoms with Crippen molar-refractivity contribution in [3.8, 4) is 11.4 Å². The van der Waals surface area contributed by atoms with E-state index < -0.39 is 0 Å². The number of anilines is 1. The molecule has 0 aliphatic carbocycles. The third-order valence-electron chi connectivity index (χ3n) is 6.80. The van der Waals surface area contributed by atoms with Crippen LogP contribution in [-0.4, -0.2) is 65.4 Å². The molecule has 4 aromatic heterocycles. The highest BCUT2D eigenvalue weighted by molar-refractivity contribution is 5.90. The molecule has 5 aromatic rings. The van der Waals surface area contributed by atoms with Gasteiger partial charge >= 0.3 is 0 Å². The van der Waals surface area contributed by atoms with Crippen LogP contribution in [0, 0.1) is 6.92 Å². The average Bonchev–Trinajstić information content (AvgIpc) is 3.63. The molecule has 0 atom stereocenters. The number of hydrogen-bond donors (Lipinski definition) is 1. The van der Waals surface area contributed by atoms with Gasteiger partial charge in [0.25, 0.3) is 0 Å². The fraction of sp³-hybridized carbons (Fsp3) is 0.308. The van der Waals surface area contributed by atoms with Crippen LogP contribution in [0.5, 0.6) is 0 Å². The first-order valence-electron chi connectivity index (χ1n) is 12.0. The minimum atomic E-state index is 0.755. The molecule has 9 heteroatoms. The number of piperazine rings is 1. The second kappa shape index (κ2) is 8.99. The van der Waals surface area contributed by atoms with Crippen molar-refractivity contribution in [1.82, 2.24) is 39.2 Å². The normalized spacial score (nSPS) is 14.7. The molecule has 1 saturated heterocycles. The van der Waals surface area contributed by atoms with E-state index in [9.17, 15) is 0 Å². The number of aryl methyl sites for hydroxylation is 2. The van der Waals surface area contributed by atoms with Gasteiger partial charge in [-0.2, -0.15) is 5.10 Å². The molecular weight excluding hydrogens is 438 g/mol. The van der Waals surface area contributed by atoms with Crippen molar-refractivity contribution in [2.75, 3.05) is 31.1 Å². The molecule has 0 saturated carbocycles. The Hall–Kier alpha value is -3.98. The summed E-state index contributed by atoms with van der Waals surface area (Å²) in [5.41, 5.74) is 7.66. The van der Waals surface area contributed by atoms with Crippen LogP contribution in [0.15, 0.2) is 61.4 Å². The highest BCUT2D eigenvalue weighted by Crippen LogP contribution is 2.31. The summed E-state index contributed by atoms with van der Waals surface area (Å²) in [6.07, 6.45) is 9.54. The van der Waals surface area contributed by atoms with Crippen molar-refractivity contribution in [1.29, 1.82) is 0 Å². The van der Waals surface area contributed by atoms with Gasteiger partial charge in [-0.05, 0) is 24.1 Å². The molecule has 0 unspecified atom stereocenters. The molecular formula is C26H29N9. The number of aromatic amines is 1. The molecule has 1 aliphatic heterocycles. The van der Waals surface area contributed by atoms with Gasteiger partial charge in [0.2, 0.25) is 0 Å². The van der Waals surface area contributed by atoms with Gasteiger partial charge in [0, 0.05) is 70.1 Å². The van der Waals surface area contributed by atoms with E-state index in [4.69, 9.17) is 4.98 Å². The van der Waals surface area contributed by atoms with Crippen LogP contribution in [0.3, 0.4) is 0 Å². The zero-order chi connectivity index (χ0) is 23.8. The third kappa shape index (κ3) is 4.30. The summed E-state index contributed by atoms with van der Waals surface area (Å²) in [6, 6.07) is 10.4. The van der Waals surface area contributed by atoms with Gasteiger partial charge in [-0.3, -0.25) is 9.58 Å². The molecule has 6 rings (SSSR count). The minimum Gasteiger partial charge on any atom is -0.367 e. The van der Waals surface area contributed by atoms with Crippen molar-refractivity contribution in [3.63, 3.8) is 0 Å². The molecule has 5 heterocycles. The molecule has 0 spiro atoms. The third-order valence-corrected chi connectivity index (χ3v) is 6.80. The van der Waals surface area contributed by atoms with E-state index in [2.05, 4.69) is 72.7 Å². The monoisotopic (exact) mass is 467 g/mol. The lowest BCUT2D eigenvalue weighted by Crippen LogP contribution is -2.46. The lowest BCUT2D eigenvalue weighted by atomic mass is 10.1. The maximum atomic E-state index is 4.83. The number of aromatic nitrogens is 7. The molecule has 35 heavy (non-hydrogen) atoms. The number of hydrogen-bond acceptors (Lipinski definition) is 6. The van der Waals surface area contributed by atoms with Crippen LogP contribution in [0.4, 0.5) is 5.69 Å². The van der Waals surface area contributed by atoms with E-state index in [0.29, 0.717) is 0 Å². The van der Waals surface area contributed by atoms with Gasteiger partial charge < -0.3 is 14.5 Å². The Morgan fingerprint density at radius 1 is 1.00 bits per heavy atom. The Balaban J connectivity index is 1.21. The number of rotatable bonds is 6. The lowest BCUT2D eigenvalue weighted by molar-refractivity contribution is 0.245. The molecule has 0 bridgehead atoms. The summed E-state index contributed by atoms with van der Waals surface area (Å²) in [7, 11) is 2.05. The quantitative estimate of drug-likeness (QED) is 0.413. The van der Waals surface area contributed by atoms with Crippen LogP contribution in [0.1, 0.15) is 16.8 Å². The topological polar surface area (TPSA) is 83.7 Å². The Labute approximate surface area is 204 Å². The maximum Gasteiger partial charge on any atom is 0.180 e. The summed E-state index contributed by atoms with van der Waals surface area (Å²) in [6.45, 7) is 7.77. The molecule has 1 N–H and O–H groups in total. The summed E-state index contributed by atoms with van der Waals surface area (Å²) in [4.78, 5) is 22.2. The number of benzene rings is 1. The average molecular weight is 468 g/mol. The van der Waals surface area contributed by atoms with E-state index in [1.807, 2.05) is 35.7 Å². The van der Waals surface area contributed by atoms with E-state index in [-0.39, 0.29) is 0 Å². The second-order valence-electron chi connectivity index (χ2n) is 9.23. The molecule has 0 amide bonds. The Kier molecular flexibility index (Phi) is 5.54. The molecule has 1 aromatic carbocycles. The first kappa shape index (κ1) is 21.5. The number of fused-ring (bicyclic) bond motifs is 1. The van der Waals surface area contributed by atoms with Crippen molar-refractivity contribution in [2.45, 2.75) is 20.0 Å². The molecule has 0 radical (unpaired) electrons. The molecule has 9 nitrogen and oxygen atoms in total. The van der Waals surface area contributed by atoms with Crippen LogP contribution >= 0.6 is 0 Å². The van der Waals surface area contributed by atoms with Crippen molar-refractivity contribution in [2.24, 2.45) is 7.05 Å². The van der Waals surface area contributed by atoms with Gasteiger partial charge in [-0.15, -0.1) is 0 Å². The standard InChI is InChI=1S/C26H29N9/c1-19-14-28-26-23(24(19)34-12-10-33(11-13-34)17-22-15-27-18-32(22)2)30-25(31-26)21-6-4-20(5-7-21)16-35-9-3-8-29-35/h3-9,14-15,18H,10-13,16-17H2,1-2H3,(H,28,30,31). The van der Waals surface area contributed by atoms with Gasteiger partial charge in [-0.25, -0.2) is 15.0 Å². The number of H-pyrrole nitrogens is 1. The number of nitrogens with one attached hydrogen (secondary N) is 1. The molecule has 1 fully saturated rings. The van der Waals surface area contributed by atoms with E-state index in [1.54, 1.807) is 6.20 Å². The van der Waals surface area contributed by atoms with Gasteiger partial charge in [0.1, 0.15) is 11.3 Å². The number of nitrogens with zero attached hydrogens (tertiary/aromatic N) is 8. The second-order valence-corrected chi connectivity index (χ2v) is 9.23. The first-order valence-corrected chi connectivity index (χ1v) is 12.0. The Morgan fingerprint density at radius 3 is 2.54 bits per heavy atom. The molecule has 1 aliphatic rings. The Morgan fingerprint density at radius 2 is 1.83 bits per heavy atom. The van der Waals surface area contributed by atoms with E-state index >= 15 is 0 Å². The summed E-state index contributed by atoms with van der Waals surface area (Å²) >= 11 is 0. The predicted octanol–water partition coefficient (Wildman–Crippen LogP) is 3.23. The lowest BCUT2D eigenvalue weighted by Gasteiger charge is -2.36. The first-order chi connectivity index (χ1) is 17.1. The zero-order valence-corrected chi connectivity index (χ0v) is 20.1. The SMILES string of the molecule is Cc1cnc2nc(-c3ccc(Cn4cccn4)cc3)[nH]c2c1N1CCN(Cc2cncn2C)CC1. The van der Waals surface area contributed by atoms with Gasteiger partial charge in [0.05, 0.1) is 24.3 Å². The maximum absolute atomic E-state index is 4.83. The number of imidazole rings is 2. The van der Waals surface area contributed by atoms with Crippen LogP contribution < -0.4 is 4.90 Å². The highest BCUT2D eigenvalue weighted by atomic mass is 15.3. The zero-order valence-electron chi connectivity index (χ0n) is 20.1. The summed E-state index contributed by atoms with van der Waals surface area (Å²) in [5, 5.41) is 4.29. The van der Waals surface area contributed by atoms with E-state index in [0.717, 1.165) is 61.8 Å². The van der Waals surface area contributed by atoms with Crippen LogP contribution in [-0.2, 0) is 20.1 Å².